The van der Waals surface area contributed by atoms with Crippen LogP contribution in [-0.2, 0) is 23.3 Å². The third-order valence-corrected chi connectivity index (χ3v) is 6.64. The molecule has 0 aliphatic heterocycles. The maximum atomic E-state index is 2.31. The zero-order valence-corrected chi connectivity index (χ0v) is 28.0. The van der Waals surface area contributed by atoms with Crippen molar-refractivity contribution in [2.75, 3.05) is 0 Å². The molecule has 0 aliphatic rings. The Bertz CT molecular complexity index is 1570. The van der Waals surface area contributed by atoms with Gasteiger partial charge in [0.15, 0.2) is 0 Å². The molecule has 0 bridgehead atoms. The van der Waals surface area contributed by atoms with Crippen molar-refractivity contribution in [3.63, 3.8) is 0 Å². The van der Waals surface area contributed by atoms with Gasteiger partial charge in [-0.05, 0) is 21.5 Å². The summed E-state index contributed by atoms with van der Waals surface area (Å²) in [6.07, 6.45) is 0. The van der Waals surface area contributed by atoms with Gasteiger partial charge in [-0.1, -0.05) is 124 Å². The first kappa shape index (κ1) is 31.0. The Morgan fingerprint density at radius 1 is 0.513 bits per heavy atom. The number of aryl methyl sites for hydroxylation is 4. The van der Waals surface area contributed by atoms with Crippen molar-refractivity contribution in [1.29, 1.82) is 0 Å². The van der Waals surface area contributed by atoms with Gasteiger partial charge in [0.1, 0.15) is 0 Å². The van der Waals surface area contributed by atoms with E-state index in [9.17, 15) is 0 Å². The molecule has 0 unspecified atom stereocenters. The number of benzene rings is 4. The molecule has 0 aromatic heterocycles. The van der Waals surface area contributed by atoms with E-state index in [2.05, 4.69) is 150 Å². The average Bonchev–Trinajstić information content (AvgIpc) is 3.42. The molecule has 39 heavy (non-hydrogen) atoms. The van der Waals surface area contributed by atoms with Crippen LogP contribution >= 0.6 is 0 Å². The molecule has 6 aromatic rings. The van der Waals surface area contributed by atoms with Crippen LogP contribution < -0.4 is 12.4 Å². The molecule has 6 rings (SSSR count). The summed E-state index contributed by atoms with van der Waals surface area (Å²) in [5.41, 5.74) is 11.0. The van der Waals surface area contributed by atoms with Gasteiger partial charge in [0, 0.05) is 0 Å². The molecule has 0 radical (unpaired) electrons. The maximum absolute atomic E-state index is 2.31. The molecular weight excluding hydrogens is 587 g/mol. The van der Waals surface area contributed by atoms with Crippen LogP contribution in [0.1, 0.15) is 22.3 Å². The number of hydrogen-bond donors (Lipinski definition) is 0. The van der Waals surface area contributed by atoms with Crippen LogP contribution in [0.5, 0.6) is 0 Å². The van der Waals surface area contributed by atoms with Gasteiger partial charge in [-0.25, -0.2) is 12.1 Å². The van der Waals surface area contributed by atoms with E-state index >= 15 is 0 Å². The smallest absolute Gasteiger partial charge is 0.0189 e. The summed E-state index contributed by atoms with van der Waals surface area (Å²) in [5.74, 6) is 0. The summed E-state index contributed by atoms with van der Waals surface area (Å²) < 4.78 is 0. The van der Waals surface area contributed by atoms with Crippen molar-refractivity contribution >= 4 is 27.0 Å². The van der Waals surface area contributed by atoms with Crippen molar-refractivity contribution in [2.45, 2.75) is 40.8 Å². The summed E-state index contributed by atoms with van der Waals surface area (Å²) in [5, 5.41) is 5.29. The predicted octanol–water partition coefficient (Wildman–Crippen LogP) is 7.47. The Kier molecular flexibility index (Phi) is 11.3. The standard InChI is InChI=1S/2C17H15.C2H6Si.ClH.Zr/c2*1-12-10-13(2)17(11-12)16-9-5-7-14-6-3-4-8-15(14)16;1-3-2;;/h2*3-11H,1-2H3;1-2H3;1H;/q2*-1;;;/p-1. The first-order valence-corrected chi connectivity index (χ1v) is 19.4. The maximum Gasteiger partial charge on any atom is -0.0189 e. The van der Waals surface area contributed by atoms with Crippen LogP contribution in [0.15, 0.2) is 109 Å². The Labute approximate surface area is 255 Å². The van der Waals surface area contributed by atoms with Crippen molar-refractivity contribution in [1.82, 2.24) is 0 Å². The van der Waals surface area contributed by atoms with Crippen LogP contribution in [0.4, 0.5) is 0 Å². The van der Waals surface area contributed by atoms with E-state index in [4.69, 9.17) is 0 Å². The van der Waals surface area contributed by atoms with Crippen molar-refractivity contribution in [2.24, 2.45) is 0 Å². The van der Waals surface area contributed by atoms with Crippen molar-refractivity contribution in [3.8, 4) is 22.3 Å². The van der Waals surface area contributed by atoms with Crippen molar-refractivity contribution in [3.05, 3.63) is 131 Å². The molecule has 0 atom stereocenters. The molecule has 0 nitrogen and oxygen atoms in total. The molecule has 0 amide bonds. The minimum Gasteiger partial charge on any atom is -1.00 e. The van der Waals surface area contributed by atoms with Crippen molar-refractivity contribution < 1.29 is 35.7 Å². The Balaban J connectivity index is 0.000000186. The monoisotopic (exact) mass is 621 g/mol. The zero-order chi connectivity index (χ0) is 27.2. The normalized spacial score (nSPS) is 10.2. The first-order chi connectivity index (χ1) is 18.2. The first-order valence-electron chi connectivity index (χ1n) is 13.2. The predicted molar refractivity (Wildman–Crippen MR) is 166 cm³/mol. The third kappa shape index (κ3) is 7.79. The summed E-state index contributed by atoms with van der Waals surface area (Å²) in [7, 11) is 0. The number of fused-ring (bicyclic) bond motifs is 2. The molecular formula is C36H36ClSiZr-3. The third-order valence-electron chi connectivity index (χ3n) is 6.64. The van der Waals surface area contributed by atoms with E-state index in [1.54, 1.807) is 23.3 Å². The quantitative estimate of drug-likeness (QED) is 0.139. The molecule has 0 heterocycles. The molecule has 0 spiro atoms. The Hall–Kier alpha value is -2.51. The topological polar surface area (TPSA) is 0 Å². The molecule has 3 heteroatoms. The fraction of sp³-hybridized carbons (Fsp3) is 0.167. The second kappa shape index (κ2) is 14.2. The van der Waals surface area contributed by atoms with E-state index in [-0.39, 0.29) is 17.8 Å². The SMILES string of the molecule is C[Si](C)=[Zr].Cc1cc(-c2cccc3ccccc23)c(C)[cH-]1.Cc1cc(-c2cccc3ccccc23)c(C)[cH-]1.[Cl-]. The number of hydrogen-bond acceptors (Lipinski definition) is 0. The van der Waals surface area contributed by atoms with Crippen LogP contribution in [-0.4, -0.2) is 5.43 Å². The zero-order valence-electron chi connectivity index (χ0n) is 23.8. The summed E-state index contributed by atoms with van der Waals surface area (Å²) in [4.78, 5) is 0. The van der Waals surface area contributed by atoms with Crippen LogP contribution in [0.2, 0.25) is 13.1 Å². The minimum absolute atomic E-state index is 0. The fourth-order valence-corrected chi connectivity index (χ4v) is 5.11. The van der Waals surface area contributed by atoms with Crippen LogP contribution in [0.3, 0.4) is 0 Å². The average molecular weight is 623 g/mol. The van der Waals surface area contributed by atoms with Gasteiger partial charge in [0.25, 0.3) is 0 Å². The molecule has 0 N–H and O–H groups in total. The fourth-order valence-electron chi connectivity index (χ4n) is 5.11. The van der Waals surface area contributed by atoms with E-state index in [0.29, 0.717) is 0 Å². The van der Waals surface area contributed by atoms with Crippen LogP contribution in [0.25, 0.3) is 43.8 Å². The summed E-state index contributed by atoms with van der Waals surface area (Å²) in [6, 6.07) is 39.2. The number of rotatable bonds is 2. The van der Waals surface area contributed by atoms with E-state index in [0.717, 1.165) is 0 Å². The molecule has 0 saturated carbocycles. The van der Waals surface area contributed by atoms with Gasteiger partial charge in [-0.2, -0.15) is 45.5 Å². The molecule has 6 aromatic carbocycles. The molecule has 198 valence electrons. The van der Waals surface area contributed by atoms with Gasteiger partial charge in [-0.3, -0.25) is 0 Å². The van der Waals surface area contributed by atoms with E-state index < -0.39 is 0 Å². The number of halogens is 1. The second-order valence-corrected chi connectivity index (χ2v) is 19.7. The molecule has 0 fully saturated rings. The van der Waals surface area contributed by atoms with E-state index in [1.807, 2.05) is 0 Å². The minimum atomic E-state index is 0. The van der Waals surface area contributed by atoms with Gasteiger partial charge >= 0.3 is 41.9 Å². The van der Waals surface area contributed by atoms with Gasteiger partial charge in [-0.15, -0.1) is 0 Å². The summed E-state index contributed by atoms with van der Waals surface area (Å²) >= 11 is 1.74. The molecule has 0 aliphatic carbocycles. The Morgan fingerprint density at radius 2 is 0.846 bits per heavy atom. The largest absolute Gasteiger partial charge is 1.00 e. The summed E-state index contributed by atoms with van der Waals surface area (Å²) in [6.45, 7) is 13.3. The Morgan fingerprint density at radius 3 is 1.18 bits per heavy atom. The van der Waals surface area contributed by atoms with Crippen LogP contribution in [0, 0.1) is 27.7 Å². The van der Waals surface area contributed by atoms with Gasteiger partial charge in [0.05, 0.1) is 0 Å². The van der Waals surface area contributed by atoms with E-state index in [1.165, 1.54) is 66.1 Å². The van der Waals surface area contributed by atoms with Gasteiger partial charge < -0.3 is 12.4 Å². The van der Waals surface area contributed by atoms with Gasteiger partial charge in [0.2, 0.25) is 0 Å². The second-order valence-electron chi connectivity index (χ2n) is 10.3. The molecule has 0 saturated heterocycles.